The zero-order valence-corrected chi connectivity index (χ0v) is 6.73. The van der Waals surface area contributed by atoms with E-state index in [4.69, 9.17) is 12.6 Å². The van der Waals surface area contributed by atoms with Gasteiger partial charge < -0.3 is 14.9 Å². The van der Waals surface area contributed by atoms with Gasteiger partial charge in [-0.25, -0.2) is 0 Å². The summed E-state index contributed by atoms with van der Waals surface area (Å²) in [5, 5.41) is 19.9. The molecule has 0 aromatic rings. The Kier molecular flexibility index (Phi) is 1.07. The van der Waals surface area contributed by atoms with Gasteiger partial charge in [-0.15, -0.1) is 0 Å². The average Bonchev–Trinajstić information content (AvgIpc) is 2.35. The van der Waals surface area contributed by atoms with Crippen molar-refractivity contribution in [2.45, 2.75) is 42.6 Å². The molecule has 12 heavy (non-hydrogen) atoms. The lowest BCUT2D eigenvalue weighted by atomic mass is 9.86. The monoisotopic (exact) mass is 166 g/mol. The summed E-state index contributed by atoms with van der Waals surface area (Å²) in [6, 6.07) is -0.398. The van der Waals surface area contributed by atoms with Gasteiger partial charge in [0.2, 0.25) is 0 Å². The van der Waals surface area contributed by atoms with Crippen molar-refractivity contribution in [3.05, 3.63) is 0 Å². The third-order valence-corrected chi connectivity index (χ3v) is 3.53. The Balaban J connectivity index is 1.95. The van der Waals surface area contributed by atoms with Crippen molar-refractivity contribution < 1.29 is 14.9 Å². The predicted octanol–water partition coefficient (Wildman–Crippen LogP) is -0.844. The van der Waals surface area contributed by atoms with Crippen LogP contribution in [-0.4, -0.2) is 41.4 Å². The molecule has 1 aliphatic heterocycles. The number of hydrogen-bond donors (Lipinski definition) is 2. The lowest BCUT2D eigenvalue weighted by molar-refractivity contribution is -0.0873. The van der Waals surface area contributed by atoms with Crippen molar-refractivity contribution in [3.8, 4) is 0 Å². The first kappa shape index (κ1) is 7.36. The number of fused-ring (bicyclic) bond motifs is 3. The van der Waals surface area contributed by atoms with Crippen molar-refractivity contribution in [2.24, 2.45) is 5.92 Å². The molecule has 3 fully saturated rings. The third-order valence-electron chi connectivity index (χ3n) is 3.53. The minimum Gasteiger partial charge on any atom is -0.387 e. The van der Waals surface area contributed by atoms with E-state index in [1.165, 1.54) is 0 Å². The highest BCUT2D eigenvalue weighted by atomic mass is 16.5. The molecular formula is C8H11BO3. The van der Waals surface area contributed by atoms with Gasteiger partial charge in [-0.1, -0.05) is 0 Å². The molecule has 64 valence electrons. The molecule has 4 heteroatoms. The minimum absolute atomic E-state index is 0.250. The summed E-state index contributed by atoms with van der Waals surface area (Å²) in [6.07, 6.45) is 1.47. The molecular weight excluding hydrogens is 155 g/mol. The maximum atomic E-state index is 10.0. The molecule has 5 atom stereocenters. The van der Waals surface area contributed by atoms with Crippen LogP contribution in [0.15, 0.2) is 0 Å². The van der Waals surface area contributed by atoms with E-state index in [1.54, 1.807) is 0 Å². The topological polar surface area (TPSA) is 49.7 Å². The highest BCUT2D eigenvalue weighted by Crippen LogP contribution is 2.63. The summed E-state index contributed by atoms with van der Waals surface area (Å²) in [5.74, 6) is 0.250. The Labute approximate surface area is 72.1 Å². The van der Waals surface area contributed by atoms with Crippen LogP contribution in [0.5, 0.6) is 0 Å². The van der Waals surface area contributed by atoms with Gasteiger partial charge in [-0.3, -0.25) is 0 Å². The van der Waals surface area contributed by atoms with E-state index >= 15 is 0 Å². The van der Waals surface area contributed by atoms with Gasteiger partial charge in [0, 0.05) is 6.00 Å². The minimum atomic E-state index is -0.836. The Morgan fingerprint density at radius 3 is 2.67 bits per heavy atom. The van der Waals surface area contributed by atoms with E-state index in [2.05, 4.69) is 0 Å². The van der Waals surface area contributed by atoms with Crippen LogP contribution in [0, 0.1) is 5.92 Å². The van der Waals surface area contributed by atoms with Gasteiger partial charge in [0.25, 0.3) is 0 Å². The fourth-order valence-electron chi connectivity index (χ4n) is 2.91. The van der Waals surface area contributed by atoms with Crippen molar-refractivity contribution in [1.29, 1.82) is 0 Å². The fourth-order valence-corrected chi connectivity index (χ4v) is 2.91. The lowest BCUT2D eigenvalue weighted by Gasteiger charge is -2.25. The fraction of sp³-hybridized carbons (Fsp3) is 1.00. The SMILES string of the molecule is [B][C@H]1C[C@@]2(O)CC3C[C@]3(O)C2O1. The average molecular weight is 166 g/mol. The van der Waals surface area contributed by atoms with Crippen LogP contribution in [0.2, 0.25) is 0 Å². The zero-order valence-electron chi connectivity index (χ0n) is 6.73. The maximum absolute atomic E-state index is 10.0. The Morgan fingerprint density at radius 1 is 1.25 bits per heavy atom. The highest BCUT2D eigenvalue weighted by molar-refractivity contribution is 6.11. The summed E-state index contributed by atoms with van der Waals surface area (Å²) < 4.78 is 5.32. The van der Waals surface area contributed by atoms with Crippen LogP contribution in [-0.2, 0) is 4.74 Å². The standard InChI is InChI=1S/C8H11BO3/c9-5-3-7(10)1-4-2-8(4,11)6(7)12-5/h4-6,10-11H,1-3H2/t4?,5-,6?,7+,8-/m1/s1. The van der Waals surface area contributed by atoms with E-state index in [1.807, 2.05) is 0 Å². The number of ether oxygens (including phenoxy) is 1. The first-order valence-corrected chi connectivity index (χ1v) is 4.40. The summed E-state index contributed by atoms with van der Waals surface area (Å²) in [4.78, 5) is 0. The first-order chi connectivity index (χ1) is 5.55. The van der Waals surface area contributed by atoms with Crippen LogP contribution in [0.3, 0.4) is 0 Å². The van der Waals surface area contributed by atoms with Crippen molar-refractivity contribution in [1.82, 2.24) is 0 Å². The van der Waals surface area contributed by atoms with Crippen LogP contribution in [0.1, 0.15) is 19.3 Å². The second-order valence-electron chi connectivity index (χ2n) is 4.46. The molecule has 0 bridgehead atoms. The Bertz CT molecular complexity index is 246. The van der Waals surface area contributed by atoms with E-state index < -0.39 is 23.3 Å². The molecule has 3 rings (SSSR count). The van der Waals surface area contributed by atoms with Crippen LogP contribution in [0.25, 0.3) is 0 Å². The van der Waals surface area contributed by atoms with Gasteiger partial charge >= 0.3 is 0 Å². The molecule has 2 saturated carbocycles. The molecule has 2 radical (unpaired) electrons. The second kappa shape index (κ2) is 1.74. The molecule has 3 aliphatic rings. The van der Waals surface area contributed by atoms with Crippen molar-refractivity contribution >= 4 is 7.85 Å². The molecule has 0 spiro atoms. The van der Waals surface area contributed by atoms with Crippen molar-refractivity contribution in [3.63, 3.8) is 0 Å². The number of rotatable bonds is 0. The molecule has 2 N–H and O–H groups in total. The molecule has 0 aromatic heterocycles. The predicted molar refractivity (Wildman–Crippen MR) is 41.7 cm³/mol. The molecule has 1 heterocycles. The quantitative estimate of drug-likeness (QED) is 0.461. The van der Waals surface area contributed by atoms with Gasteiger partial charge in [-0.2, -0.15) is 0 Å². The molecule has 2 aliphatic carbocycles. The second-order valence-corrected chi connectivity index (χ2v) is 4.46. The van der Waals surface area contributed by atoms with E-state index in [9.17, 15) is 10.2 Å². The van der Waals surface area contributed by atoms with E-state index in [-0.39, 0.29) is 5.92 Å². The molecule has 0 aromatic carbocycles. The van der Waals surface area contributed by atoms with Gasteiger partial charge in [0.1, 0.15) is 14.0 Å². The first-order valence-electron chi connectivity index (χ1n) is 4.40. The van der Waals surface area contributed by atoms with Crippen LogP contribution >= 0.6 is 0 Å². The largest absolute Gasteiger partial charge is 0.387 e. The zero-order chi connectivity index (χ0) is 8.56. The van der Waals surface area contributed by atoms with Crippen LogP contribution < -0.4 is 0 Å². The summed E-state index contributed by atoms with van der Waals surface area (Å²) >= 11 is 0. The van der Waals surface area contributed by atoms with Crippen molar-refractivity contribution in [2.75, 3.05) is 0 Å². The molecule has 2 unspecified atom stereocenters. The molecule has 0 amide bonds. The summed E-state index contributed by atoms with van der Waals surface area (Å²) in [5.41, 5.74) is -1.58. The smallest absolute Gasteiger partial charge is 0.114 e. The summed E-state index contributed by atoms with van der Waals surface area (Å²) in [7, 11) is 5.56. The highest BCUT2D eigenvalue weighted by Gasteiger charge is 2.74. The van der Waals surface area contributed by atoms with E-state index in [0.717, 1.165) is 6.42 Å². The molecule has 3 nitrogen and oxygen atoms in total. The Hall–Kier alpha value is -0.0551. The van der Waals surface area contributed by atoms with Gasteiger partial charge in [0.05, 0.1) is 11.2 Å². The lowest BCUT2D eigenvalue weighted by Crippen LogP contribution is -2.41. The maximum Gasteiger partial charge on any atom is 0.114 e. The molecule has 1 saturated heterocycles. The van der Waals surface area contributed by atoms with Gasteiger partial charge in [-0.05, 0) is 25.2 Å². The number of aliphatic hydroxyl groups is 2. The third kappa shape index (κ3) is 0.652. The Morgan fingerprint density at radius 2 is 2.00 bits per heavy atom. The van der Waals surface area contributed by atoms with E-state index in [0.29, 0.717) is 12.8 Å². The van der Waals surface area contributed by atoms with Gasteiger partial charge in [0.15, 0.2) is 0 Å². The number of hydrogen-bond acceptors (Lipinski definition) is 3. The normalized spacial score (nSPS) is 67.7. The van der Waals surface area contributed by atoms with Crippen LogP contribution in [0.4, 0.5) is 0 Å². The summed E-state index contributed by atoms with van der Waals surface area (Å²) in [6.45, 7) is 0.